The highest BCUT2D eigenvalue weighted by molar-refractivity contribution is 6.24. The Morgan fingerprint density at radius 1 is 0.382 bits per heavy atom. The van der Waals surface area contributed by atoms with Crippen LogP contribution in [0.4, 0.5) is 0 Å². The number of fused-ring (bicyclic) bond motifs is 11. The van der Waals surface area contributed by atoms with Gasteiger partial charge in [0, 0.05) is 54.6 Å². The molecule has 0 saturated carbocycles. The van der Waals surface area contributed by atoms with Crippen molar-refractivity contribution in [1.29, 1.82) is 0 Å². The van der Waals surface area contributed by atoms with E-state index in [0.717, 1.165) is 77.4 Å². The maximum absolute atomic E-state index is 6.79. The van der Waals surface area contributed by atoms with Crippen LogP contribution in [-0.2, 0) is 0 Å². The number of rotatable bonds is 4. The average Bonchev–Trinajstić information content (AvgIpc) is 3.90. The molecule has 0 aliphatic heterocycles. The smallest absolute Gasteiger partial charge is 0.160 e. The Bertz CT molecular complexity index is 3480. The van der Waals surface area contributed by atoms with Crippen LogP contribution in [0.3, 0.4) is 0 Å². The second-order valence-corrected chi connectivity index (χ2v) is 14.3. The van der Waals surface area contributed by atoms with Gasteiger partial charge in [0.15, 0.2) is 5.58 Å². The van der Waals surface area contributed by atoms with Gasteiger partial charge in [-0.15, -0.1) is 0 Å². The van der Waals surface area contributed by atoms with Crippen LogP contribution in [0.1, 0.15) is 0 Å². The highest BCUT2D eigenvalue weighted by Gasteiger charge is 2.22. The Morgan fingerprint density at radius 2 is 1.04 bits per heavy atom. The zero-order valence-corrected chi connectivity index (χ0v) is 29.6. The van der Waals surface area contributed by atoms with Gasteiger partial charge in [-0.25, -0.2) is 4.98 Å². The first kappa shape index (κ1) is 30.1. The number of hydrogen-bond donors (Lipinski definition) is 0. The minimum absolute atomic E-state index is 0.885. The predicted octanol–water partition coefficient (Wildman–Crippen LogP) is 13.7. The third-order valence-corrected chi connectivity index (χ3v) is 11.3. The Balaban J connectivity index is 1.19. The van der Waals surface area contributed by atoms with Crippen LogP contribution in [0.2, 0.25) is 0 Å². The summed E-state index contributed by atoms with van der Waals surface area (Å²) in [5, 5.41) is 8.15. The van der Waals surface area contributed by atoms with Crippen molar-refractivity contribution in [2.24, 2.45) is 0 Å². The molecule has 12 aromatic rings. The minimum Gasteiger partial charge on any atom is -0.454 e. The molecule has 4 aromatic heterocycles. The van der Waals surface area contributed by atoms with Crippen LogP contribution < -0.4 is 0 Å². The first-order chi connectivity index (χ1) is 27.3. The first-order valence-electron chi connectivity index (χ1n) is 18.7. The molecule has 4 heterocycles. The largest absolute Gasteiger partial charge is 0.454 e. The normalized spacial score (nSPS) is 12.0. The summed E-state index contributed by atoms with van der Waals surface area (Å²) in [6.45, 7) is 0. The van der Waals surface area contributed by atoms with Crippen LogP contribution in [0.15, 0.2) is 192 Å². The molecule has 8 aromatic carbocycles. The summed E-state index contributed by atoms with van der Waals surface area (Å²) < 4.78 is 11.6. The summed E-state index contributed by atoms with van der Waals surface area (Å²) in [5.74, 6) is 0. The number of benzene rings is 8. The highest BCUT2D eigenvalue weighted by Crippen LogP contribution is 2.44. The highest BCUT2D eigenvalue weighted by atomic mass is 16.3. The molecule has 0 unspecified atom stereocenters. The summed E-state index contributed by atoms with van der Waals surface area (Å²) in [5.41, 5.74) is 13.8. The van der Waals surface area contributed by atoms with Gasteiger partial charge in [-0.05, 0) is 77.9 Å². The lowest BCUT2D eigenvalue weighted by atomic mass is 9.98. The van der Waals surface area contributed by atoms with Gasteiger partial charge < -0.3 is 13.6 Å². The molecule has 55 heavy (non-hydrogen) atoms. The summed E-state index contributed by atoms with van der Waals surface area (Å²) >= 11 is 0. The molecule has 0 radical (unpaired) electrons. The van der Waals surface area contributed by atoms with E-state index in [9.17, 15) is 0 Å². The Morgan fingerprint density at radius 3 is 1.91 bits per heavy atom. The molecule has 0 bridgehead atoms. The summed E-state index contributed by atoms with van der Waals surface area (Å²) in [6.07, 6.45) is 0. The lowest BCUT2D eigenvalue weighted by Crippen LogP contribution is -1.97. The number of nitrogens with zero attached hydrogens (tertiary/aromatic N) is 3. The van der Waals surface area contributed by atoms with Crippen molar-refractivity contribution in [2.45, 2.75) is 0 Å². The molecule has 0 amide bonds. The number of aromatic nitrogens is 3. The molecule has 0 aliphatic rings. The van der Waals surface area contributed by atoms with Gasteiger partial charge in [-0.3, -0.25) is 0 Å². The molecule has 0 spiro atoms. The SMILES string of the molecule is c1ccc(-c2cc(-c3cccc(-n4c5cc6c(cc5c5ccc7c8ccccc8oc7c54)c4ccccc4n6-c4ccccc4)c3)nc3ccccc23)cc1. The number of para-hydroxylation sites is 4. The number of furan rings is 1. The van der Waals surface area contributed by atoms with Crippen LogP contribution in [0.5, 0.6) is 0 Å². The lowest BCUT2D eigenvalue weighted by molar-refractivity contribution is 0.671. The monoisotopic (exact) mass is 701 g/mol. The van der Waals surface area contributed by atoms with Crippen molar-refractivity contribution in [1.82, 2.24) is 14.1 Å². The Hall–Kier alpha value is -7.43. The van der Waals surface area contributed by atoms with E-state index in [1.807, 2.05) is 6.07 Å². The van der Waals surface area contributed by atoms with Gasteiger partial charge >= 0.3 is 0 Å². The van der Waals surface area contributed by atoms with E-state index in [-0.39, 0.29) is 0 Å². The van der Waals surface area contributed by atoms with Crippen LogP contribution in [-0.4, -0.2) is 14.1 Å². The van der Waals surface area contributed by atoms with E-state index in [4.69, 9.17) is 9.40 Å². The van der Waals surface area contributed by atoms with Crippen molar-refractivity contribution >= 4 is 76.5 Å². The molecule has 0 fully saturated rings. The van der Waals surface area contributed by atoms with Crippen LogP contribution >= 0.6 is 0 Å². The third kappa shape index (κ3) is 4.43. The average molecular weight is 702 g/mol. The maximum atomic E-state index is 6.79. The van der Waals surface area contributed by atoms with E-state index < -0.39 is 0 Å². The fraction of sp³-hybridized carbons (Fsp3) is 0. The van der Waals surface area contributed by atoms with Gasteiger partial charge in [0.1, 0.15) is 5.58 Å². The second kappa shape index (κ2) is 11.5. The fourth-order valence-electron chi connectivity index (χ4n) is 8.85. The molecule has 4 nitrogen and oxygen atoms in total. The molecular weight excluding hydrogens is 671 g/mol. The van der Waals surface area contributed by atoms with Crippen LogP contribution in [0, 0.1) is 0 Å². The van der Waals surface area contributed by atoms with E-state index in [0.29, 0.717) is 0 Å². The van der Waals surface area contributed by atoms with Gasteiger partial charge in [0.25, 0.3) is 0 Å². The molecule has 4 heteroatoms. The van der Waals surface area contributed by atoms with E-state index in [1.54, 1.807) is 0 Å². The Kier molecular flexibility index (Phi) is 6.31. The minimum atomic E-state index is 0.885. The molecule has 12 rings (SSSR count). The summed E-state index contributed by atoms with van der Waals surface area (Å²) in [6, 6.07) is 67.1. The molecule has 0 N–H and O–H groups in total. The first-order valence-corrected chi connectivity index (χ1v) is 18.7. The predicted molar refractivity (Wildman–Crippen MR) is 229 cm³/mol. The molecule has 0 atom stereocenters. The van der Waals surface area contributed by atoms with Gasteiger partial charge in [-0.2, -0.15) is 0 Å². The fourth-order valence-corrected chi connectivity index (χ4v) is 8.85. The molecule has 0 aliphatic carbocycles. The van der Waals surface area contributed by atoms with Crippen molar-refractivity contribution in [2.75, 3.05) is 0 Å². The van der Waals surface area contributed by atoms with Crippen molar-refractivity contribution < 1.29 is 4.42 Å². The van der Waals surface area contributed by atoms with Gasteiger partial charge in [0.05, 0.1) is 33.3 Å². The lowest BCUT2D eigenvalue weighted by Gasteiger charge is -2.13. The zero-order chi connectivity index (χ0) is 36.0. The standard InChI is InChI=1S/C51H31N3O/c1-3-14-32(15-4-1)41-30-45(52-44-23-10-7-20-36(41)44)33-16-13-19-35(28-33)54-48-31-47-42(37-21-8-11-24-46(37)53(47)34-17-5-2-6-18-34)29-43(48)39-26-27-40-38-22-9-12-25-49(38)55-51(40)50(39)54/h1-31H. The Labute approximate surface area is 315 Å². The quantitative estimate of drug-likeness (QED) is 0.183. The van der Waals surface area contributed by atoms with Crippen molar-refractivity contribution in [3.8, 4) is 33.8 Å². The van der Waals surface area contributed by atoms with Crippen LogP contribution in [0.25, 0.3) is 110 Å². The van der Waals surface area contributed by atoms with Gasteiger partial charge in [0.2, 0.25) is 0 Å². The van der Waals surface area contributed by atoms with Gasteiger partial charge in [-0.1, -0.05) is 121 Å². The second-order valence-electron chi connectivity index (χ2n) is 14.3. The molecule has 0 saturated heterocycles. The van der Waals surface area contributed by atoms with E-state index in [2.05, 4.69) is 191 Å². The topological polar surface area (TPSA) is 35.9 Å². The zero-order valence-electron chi connectivity index (χ0n) is 29.6. The molecule has 256 valence electrons. The third-order valence-electron chi connectivity index (χ3n) is 11.3. The number of hydrogen-bond acceptors (Lipinski definition) is 2. The van der Waals surface area contributed by atoms with Crippen molar-refractivity contribution in [3.63, 3.8) is 0 Å². The van der Waals surface area contributed by atoms with Crippen molar-refractivity contribution in [3.05, 3.63) is 188 Å². The maximum Gasteiger partial charge on any atom is 0.160 e. The summed E-state index contributed by atoms with van der Waals surface area (Å²) in [7, 11) is 0. The number of pyridine rings is 1. The summed E-state index contributed by atoms with van der Waals surface area (Å²) in [4.78, 5) is 5.24. The van der Waals surface area contributed by atoms with E-state index >= 15 is 0 Å². The molecular formula is C51H31N3O. The van der Waals surface area contributed by atoms with E-state index in [1.165, 1.54) is 32.8 Å².